The Labute approximate surface area is 118 Å². The maximum atomic E-state index is 12.3. The fourth-order valence-electron chi connectivity index (χ4n) is 1.84. The molecule has 3 N–H and O–H groups in total. The molecule has 0 aliphatic rings. The fraction of sp³-hybridized carbons (Fsp3) is 0.143. The molecule has 0 aliphatic heterocycles. The van der Waals surface area contributed by atoms with Gasteiger partial charge in [0.25, 0.3) is 10.0 Å². The second kappa shape index (κ2) is 5.42. The lowest BCUT2D eigenvalue weighted by Crippen LogP contribution is -2.14. The SMILES string of the molecule is COc1cc(NS(=O)(=O)c2ccccc2C)ccc1N. The molecule has 0 heterocycles. The molecule has 0 spiro atoms. The van der Waals surface area contributed by atoms with Crippen molar-refractivity contribution in [2.24, 2.45) is 0 Å². The Morgan fingerprint density at radius 2 is 1.85 bits per heavy atom. The highest BCUT2D eigenvalue weighted by Gasteiger charge is 2.16. The van der Waals surface area contributed by atoms with Crippen LogP contribution in [0.2, 0.25) is 0 Å². The molecule has 0 saturated carbocycles. The third kappa shape index (κ3) is 2.85. The van der Waals surface area contributed by atoms with Crippen molar-refractivity contribution in [3.63, 3.8) is 0 Å². The van der Waals surface area contributed by atoms with E-state index in [0.29, 0.717) is 22.7 Å². The zero-order valence-corrected chi connectivity index (χ0v) is 12.1. The van der Waals surface area contributed by atoms with Gasteiger partial charge in [-0.05, 0) is 30.7 Å². The Kier molecular flexibility index (Phi) is 3.85. The molecule has 2 rings (SSSR count). The summed E-state index contributed by atoms with van der Waals surface area (Å²) in [5.41, 5.74) is 7.23. The molecule has 0 aromatic heterocycles. The van der Waals surface area contributed by atoms with Gasteiger partial charge in [-0.3, -0.25) is 4.72 Å². The van der Waals surface area contributed by atoms with Crippen LogP contribution in [0.25, 0.3) is 0 Å². The first-order chi connectivity index (χ1) is 9.44. The molecule has 6 heteroatoms. The van der Waals surface area contributed by atoms with Crippen LogP contribution in [0.3, 0.4) is 0 Å². The van der Waals surface area contributed by atoms with E-state index in [1.165, 1.54) is 7.11 Å². The molecular formula is C14H16N2O3S. The Morgan fingerprint density at radius 3 is 2.50 bits per heavy atom. The second-order valence-electron chi connectivity index (χ2n) is 4.33. The maximum absolute atomic E-state index is 12.3. The van der Waals surface area contributed by atoms with Crippen LogP contribution in [0.4, 0.5) is 11.4 Å². The van der Waals surface area contributed by atoms with Gasteiger partial charge in [0, 0.05) is 6.07 Å². The number of hydrogen-bond donors (Lipinski definition) is 2. The van der Waals surface area contributed by atoms with Crippen LogP contribution in [0, 0.1) is 6.92 Å². The van der Waals surface area contributed by atoms with E-state index in [4.69, 9.17) is 10.5 Å². The first-order valence-electron chi connectivity index (χ1n) is 5.96. The van der Waals surface area contributed by atoms with Crippen LogP contribution in [0.5, 0.6) is 5.75 Å². The zero-order chi connectivity index (χ0) is 14.8. The van der Waals surface area contributed by atoms with E-state index in [-0.39, 0.29) is 4.90 Å². The molecule has 0 amide bonds. The lowest BCUT2D eigenvalue weighted by molar-refractivity contribution is 0.417. The van der Waals surface area contributed by atoms with E-state index >= 15 is 0 Å². The highest BCUT2D eigenvalue weighted by Crippen LogP contribution is 2.27. The van der Waals surface area contributed by atoms with Crippen molar-refractivity contribution in [1.82, 2.24) is 0 Å². The van der Waals surface area contributed by atoms with Crippen molar-refractivity contribution in [3.05, 3.63) is 48.0 Å². The quantitative estimate of drug-likeness (QED) is 0.848. The molecule has 0 unspecified atom stereocenters. The van der Waals surface area contributed by atoms with Gasteiger partial charge in [-0.25, -0.2) is 8.42 Å². The van der Waals surface area contributed by atoms with Crippen LogP contribution >= 0.6 is 0 Å². The van der Waals surface area contributed by atoms with E-state index in [1.54, 1.807) is 49.4 Å². The zero-order valence-electron chi connectivity index (χ0n) is 11.3. The number of sulfonamides is 1. The summed E-state index contributed by atoms with van der Waals surface area (Å²) in [7, 11) is -2.15. The molecular weight excluding hydrogens is 276 g/mol. The van der Waals surface area contributed by atoms with Gasteiger partial charge in [-0.2, -0.15) is 0 Å². The van der Waals surface area contributed by atoms with Gasteiger partial charge in [0.15, 0.2) is 0 Å². The van der Waals surface area contributed by atoms with Gasteiger partial charge in [0.2, 0.25) is 0 Å². The first-order valence-corrected chi connectivity index (χ1v) is 7.44. The van der Waals surface area contributed by atoms with Crippen molar-refractivity contribution in [2.45, 2.75) is 11.8 Å². The van der Waals surface area contributed by atoms with Crippen molar-refractivity contribution in [3.8, 4) is 5.75 Å². The van der Waals surface area contributed by atoms with Gasteiger partial charge < -0.3 is 10.5 Å². The minimum atomic E-state index is -3.63. The Balaban J connectivity index is 2.36. The number of nitrogens with two attached hydrogens (primary N) is 1. The monoisotopic (exact) mass is 292 g/mol. The van der Waals surface area contributed by atoms with Crippen LogP contribution in [0.15, 0.2) is 47.4 Å². The Morgan fingerprint density at radius 1 is 1.15 bits per heavy atom. The highest BCUT2D eigenvalue weighted by molar-refractivity contribution is 7.92. The van der Waals surface area contributed by atoms with Crippen molar-refractivity contribution in [1.29, 1.82) is 0 Å². The Bertz CT molecular complexity index is 727. The van der Waals surface area contributed by atoms with E-state index in [2.05, 4.69) is 4.72 Å². The number of aryl methyl sites for hydroxylation is 1. The number of anilines is 2. The predicted molar refractivity (Wildman–Crippen MR) is 79.4 cm³/mol. The molecule has 2 aromatic rings. The minimum Gasteiger partial charge on any atom is -0.495 e. The molecule has 0 bridgehead atoms. The van der Waals surface area contributed by atoms with E-state index < -0.39 is 10.0 Å². The fourth-order valence-corrected chi connectivity index (χ4v) is 3.14. The number of nitrogens with one attached hydrogen (secondary N) is 1. The van der Waals surface area contributed by atoms with Gasteiger partial charge in [0.1, 0.15) is 5.75 Å². The summed E-state index contributed by atoms with van der Waals surface area (Å²) >= 11 is 0. The molecule has 2 aromatic carbocycles. The Hall–Kier alpha value is -2.21. The molecule has 20 heavy (non-hydrogen) atoms. The topological polar surface area (TPSA) is 81.4 Å². The summed E-state index contributed by atoms with van der Waals surface area (Å²) < 4.78 is 32.2. The standard InChI is InChI=1S/C14H16N2O3S/c1-10-5-3-4-6-14(10)20(17,18)16-11-7-8-12(15)13(9-11)19-2/h3-9,16H,15H2,1-2H3. The van der Waals surface area contributed by atoms with Crippen LogP contribution < -0.4 is 15.2 Å². The number of rotatable bonds is 4. The smallest absolute Gasteiger partial charge is 0.262 e. The normalized spacial score (nSPS) is 11.1. The summed E-state index contributed by atoms with van der Waals surface area (Å²) in [6.07, 6.45) is 0. The molecule has 5 nitrogen and oxygen atoms in total. The third-order valence-electron chi connectivity index (χ3n) is 2.87. The number of hydrogen-bond acceptors (Lipinski definition) is 4. The molecule has 0 radical (unpaired) electrons. The van der Waals surface area contributed by atoms with Gasteiger partial charge in [0.05, 0.1) is 23.4 Å². The third-order valence-corrected chi connectivity index (χ3v) is 4.41. The molecule has 0 fully saturated rings. The average Bonchev–Trinajstić information content (AvgIpc) is 2.41. The summed E-state index contributed by atoms with van der Waals surface area (Å²) in [4.78, 5) is 0.246. The van der Waals surface area contributed by atoms with Crippen LogP contribution in [-0.2, 0) is 10.0 Å². The summed E-state index contributed by atoms with van der Waals surface area (Å²) in [5.74, 6) is 0.426. The van der Waals surface area contributed by atoms with Gasteiger partial charge >= 0.3 is 0 Å². The van der Waals surface area contributed by atoms with Crippen molar-refractivity contribution in [2.75, 3.05) is 17.6 Å². The first kappa shape index (κ1) is 14.2. The number of benzene rings is 2. The number of methoxy groups -OCH3 is 1. The van der Waals surface area contributed by atoms with E-state index in [1.807, 2.05) is 0 Å². The van der Waals surface area contributed by atoms with Gasteiger partial charge in [-0.1, -0.05) is 18.2 Å². The molecule has 0 saturated heterocycles. The second-order valence-corrected chi connectivity index (χ2v) is 5.98. The molecule has 0 atom stereocenters. The van der Waals surface area contributed by atoms with Crippen molar-refractivity contribution >= 4 is 21.4 Å². The minimum absolute atomic E-state index is 0.246. The van der Waals surface area contributed by atoms with Crippen LogP contribution in [-0.4, -0.2) is 15.5 Å². The predicted octanol–water partition coefficient (Wildman–Crippen LogP) is 2.39. The number of nitrogen functional groups attached to an aromatic ring is 1. The van der Waals surface area contributed by atoms with Gasteiger partial charge in [-0.15, -0.1) is 0 Å². The lowest BCUT2D eigenvalue weighted by atomic mass is 10.2. The summed E-state index contributed by atoms with van der Waals surface area (Å²) in [6, 6.07) is 11.5. The number of ether oxygens (including phenoxy) is 1. The summed E-state index contributed by atoms with van der Waals surface area (Å²) in [6.45, 7) is 1.75. The van der Waals surface area contributed by atoms with E-state index in [9.17, 15) is 8.42 Å². The van der Waals surface area contributed by atoms with E-state index in [0.717, 1.165) is 0 Å². The lowest BCUT2D eigenvalue weighted by Gasteiger charge is -2.12. The van der Waals surface area contributed by atoms with Crippen LogP contribution in [0.1, 0.15) is 5.56 Å². The highest BCUT2D eigenvalue weighted by atomic mass is 32.2. The summed E-state index contributed by atoms with van der Waals surface area (Å²) in [5, 5.41) is 0. The van der Waals surface area contributed by atoms with Crippen molar-refractivity contribution < 1.29 is 13.2 Å². The average molecular weight is 292 g/mol. The largest absolute Gasteiger partial charge is 0.495 e. The maximum Gasteiger partial charge on any atom is 0.262 e. The molecule has 106 valence electrons. The molecule has 0 aliphatic carbocycles.